The first-order valence-corrected chi connectivity index (χ1v) is 5.46. The molecule has 0 aromatic heterocycles. The maximum Gasteiger partial charge on any atom is 0.215 e. The molecule has 2 atom stereocenters. The summed E-state index contributed by atoms with van der Waals surface area (Å²) in [5.41, 5.74) is 0. The summed E-state index contributed by atoms with van der Waals surface area (Å²) in [6.07, 6.45) is 1.59. The van der Waals surface area contributed by atoms with Crippen LogP contribution in [0.2, 0.25) is 0 Å². The van der Waals surface area contributed by atoms with Gasteiger partial charge in [-0.3, -0.25) is 9.59 Å². The second-order valence-electron chi connectivity index (χ2n) is 4.15. The zero-order chi connectivity index (χ0) is 10.2. The molecule has 0 N–H and O–H groups in total. The van der Waals surface area contributed by atoms with Crippen LogP contribution in [0.3, 0.4) is 0 Å². The van der Waals surface area contributed by atoms with Crippen LogP contribution in [-0.2, 0) is 9.59 Å². The second kappa shape index (κ2) is 3.52. The summed E-state index contributed by atoms with van der Waals surface area (Å²) in [5.74, 6) is -0.355. The Hall–Kier alpha value is -0.180. The van der Waals surface area contributed by atoms with Crippen LogP contribution >= 0.6 is 15.9 Å². The minimum absolute atomic E-state index is 0.0862. The van der Waals surface area contributed by atoms with Crippen molar-refractivity contribution in [3.63, 3.8) is 0 Å². The Balaban J connectivity index is 2.93. The maximum atomic E-state index is 11.7. The monoisotopic (exact) mass is 246 g/mol. The third-order valence-electron chi connectivity index (χ3n) is 2.91. The van der Waals surface area contributed by atoms with Crippen molar-refractivity contribution in [3.8, 4) is 0 Å². The smallest absolute Gasteiger partial charge is 0.215 e. The molecule has 1 saturated carbocycles. The largest absolute Gasteiger partial charge is 0.291 e. The Kier molecular flexibility index (Phi) is 2.95. The van der Waals surface area contributed by atoms with Crippen molar-refractivity contribution in [3.05, 3.63) is 0 Å². The number of carbonyl (C=O) groups is 2. The summed E-state index contributed by atoms with van der Waals surface area (Å²) in [5, 5.41) is 0. The molecular weight excluding hydrogens is 232 g/mol. The topological polar surface area (TPSA) is 34.1 Å². The predicted octanol–water partition coefficient (Wildman–Crippen LogP) is 2.34. The Morgan fingerprint density at radius 2 is 2.00 bits per heavy atom. The van der Waals surface area contributed by atoms with Gasteiger partial charge in [0, 0.05) is 5.92 Å². The summed E-state index contributed by atoms with van der Waals surface area (Å²) in [4.78, 5) is 23.2. The molecule has 0 heterocycles. The minimum Gasteiger partial charge on any atom is -0.291 e. The SMILES string of the molecule is CC1CCC(Br)(C(C)C)C(=O)C1=O. The van der Waals surface area contributed by atoms with E-state index in [1.807, 2.05) is 20.8 Å². The number of ketones is 2. The molecule has 0 bridgehead atoms. The number of alkyl halides is 1. The van der Waals surface area contributed by atoms with Gasteiger partial charge in [0.25, 0.3) is 0 Å². The summed E-state index contributed by atoms with van der Waals surface area (Å²) < 4.78 is -0.587. The lowest BCUT2D eigenvalue weighted by atomic mass is 9.75. The Morgan fingerprint density at radius 1 is 1.46 bits per heavy atom. The molecule has 1 fully saturated rings. The van der Waals surface area contributed by atoms with Gasteiger partial charge in [-0.2, -0.15) is 0 Å². The molecule has 0 aromatic rings. The lowest BCUT2D eigenvalue weighted by molar-refractivity contribution is -0.142. The third-order valence-corrected chi connectivity index (χ3v) is 4.58. The lowest BCUT2D eigenvalue weighted by Gasteiger charge is -2.34. The number of halogens is 1. The van der Waals surface area contributed by atoms with Crippen molar-refractivity contribution in [2.75, 3.05) is 0 Å². The molecule has 0 spiro atoms. The quantitative estimate of drug-likeness (QED) is 0.526. The molecule has 1 rings (SSSR count). The molecule has 13 heavy (non-hydrogen) atoms. The number of hydrogen-bond donors (Lipinski definition) is 0. The first-order chi connectivity index (χ1) is 5.89. The van der Waals surface area contributed by atoms with Gasteiger partial charge < -0.3 is 0 Å². The number of carbonyl (C=O) groups excluding carboxylic acids is 2. The van der Waals surface area contributed by atoms with Crippen LogP contribution in [0.25, 0.3) is 0 Å². The molecule has 1 aliphatic carbocycles. The van der Waals surface area contributed by atoms with E-state index in [2.05, 4.69) is 15.9 Å². The molecule has 2 nitrogen and oxygen atoms in total. The highest BCUT2D eigenvalue weighted by Gasteiger charge is 2.46. The van der Waals surface area contributed by atoms with E-state index in [0.29, 0.717) is 0 Å². The molecule has 74 valence electrons. The van der Waals surface area contributed by atoms with E-state index in [1.165, 1.54) is 0 Å². The fraction of sp³-hybridized carbons (Fsp3) is 0.800. The zero-order valence-electron chi connectivity index (χ0n) is 8.26. The molecule has 2 unspecified atom stereocenters. The van der Waals surface area contributed by atoms with Crippen LogP contribution in [-0.4, -0.2) is 15.9 Å². The van der Waals surface area contributed by atoms with E-state index in [4.69, 9.17) is 0 Å². The highest BCUT2D eigenvalue weighted by Crippen LogP contribution is 2.39. The third kappa shape index (κ3) is 1.71. The van der Waals surface area contributed by atoms with Gasteiger partial charge in [0.2, 0.25) is 11.6 Å². The first kappa shape index (κ1) is 10.9. The summed E-state index contributed by atoms with van der Waals surface area (Å²) in [6, 6.07) is 0. The van der Waals surface area contributed by atoms with E-state index >= 15 is 0 Å². The Labute approximate surface area is 87.2 Å². The van der Waals surface area contributed by atoms with Gasteiger partial charge in [0.1, 0.15) is 0 Å². The molecule has 3 heteroatoms. The molecule has 0 amide bonds. The van der Waals surface area contributed by atoms with Gasteiger partial charge in [-0.05, 0) is 18.8 Å². The van der Waals surface area contributed by atoms with E-state index in [1.54, 1.807) is 0 Å². The fourth-order valence-corrected chi connectivity index (χ4v) is 2.07. The first-order valence-electron chi connectivity index (χ1n) is 4.67. The minimum atomic E-state index is -0.587. The van der Waals surface area contributed by atoms with Crippen molar-refractivity contribution in [1.82, 2.24) is 0 Å². The molecule has 0 saturated heterocycles. The average molecular weight is 247 g/mol. The Bertz CT molecular complexity index is 247. The highest BCUT2D eigenvalue weighted by molar-refractivity contribution is 9.10. The van der Waals surface area contributed by atoms with Gasteiger partial charge in [-0.15, -0.1) is 0 Å². The van der Waals surface area contributed by atoms with Gasteiger partial charge >= 0.3 is 0 Å². The van der Waals surface area contributed by atoms with E-state index < -0.39 is 4.32 Å². The van der Waals surface area contributed by atoms with E-state index in [-0.39, 0.29) is 23.4 Å². The summed E-state index contributed by atoms with van der Waals surface area (Å²) in [7, 11) is 0. The van der Waals surface area contributed by atoms with Crippen LogP contribution in [0.15, 0.2) is 0 Å². The van der Waals surface area contributed by atoms with Crippen LogP contribution in [0, 0.1) is 11.8 Å². The maximum absolute atomic E-state index is 11.7. The van der Waals surface area contributed by atoms with Gasteiger partial charge in [-0.25, -0.2) is 0 Å². The van der Waals surface area contributed by atoms with Crippen molar-refractivity contribution in [2.45, 2.75) is 37.9 Å². The highest BCUT2D eigenvalue weighted by atomic mass is 79.9. The number of rotatable bonds is 1. The predicted molar refractivity (Wildman–Crippen MR) is 54.9 cm³/mol. The van der Waals surface area contributed by atoms with Crippen LogP contribution in [0.4, 0.5) is 0 Å². The second-order valence-corrected chi connectivity index (χ2v) is 5.57. The Morgan fingerprint density at radius 3 is 2.46 bits per heavy atom. The standard InChI is InChI=1S/C10H15BrO2/c1-6(2)10(11)5-4-7(3)8(12)9(10)13/h6-7H,4-5H2,1-3H3. The molecular formula is C10H15BrO2. The van der Waals surface area contributed by atoms with E-state index in [0.717, 1.165) is 12.8 Å². The number of hydrogen-bond acceptors (Lipinski definition) is 2. The van der Waals surface area contributed by atoms with Gasteiger partial charge in [-0.1, -0.05) is 36.7 Å². The molecule has 1 aliphatic rings. The molecule has 0 radical (unpaired) electrons. The van der Waals surface area contributed by atoms with Gasteiger partial charge in [0.05, 0.1) is 4.32 Å². The van der Waals surface area contributed by atoms with Crippen LogP contribution < -0.4 is 0 Å². The normalized spacial score (nSPS) is 35.6. The summed E-state index contributed by atoms with van der Waals surface area (Å²) in [6.45, 7) is 5.76. The van der Waals surface area contributed by atoms with Crippen molar-refractivity contribution in [2.24, 2.45) is 11.8 Å². The van der Waals surface area contributed by atoms with Crippen molar-refractivity contribution < 1.29 is 9.59 Å². The van der Waals surface area contributed by atoms with Crippen molar-refractivity contribution >= 4 is 27.5 Å². The van der Waals surface area contributed by atoms with Crippen molar-refractivity contribution in [1.29, 1.82) is 0 Å². The van der Waals surface area contributed by atoms with Crippen LogP contribution in [0.5, 0.6) is 0 Å². The van der Waals surface area contributed by atoms with Crippen LogP contribution in [0.1, 0.15) is 33.6 Å². The number of Topliss-reactive ketones (excluding diaryl/α,β-unsaturated/α-hetero) is 2. The lowest BCUT2D eigenvalue weighted by Crippen LogP contribution is -2.48. The van der Waals surface area contributed by atoms with E-state index in [9.17, 15) is 9.59 Å². The zero-order valence-corrected chi connectivity index (χ0v) is 9.85. The van der Waals surface area contributed by atoms with Gasteiger partial charge in [0.15, 0.2) is 0 Å². The summed E-state index contributed by atoms with van der Waals surface area (Å²) >= 11 is 3.42. The average Bonchev–Trinajstić information content (AvgIpc) is 2.08. The fourth-order valence-electron chi connectivity index (χ4n) is 1.65. The molecule has 0 aliphatic heterocycles. The molecule has 0 aromatic carbocycles.